The number of quaternary nitrogens is 1. The highest BCUT2D eigenvalue weighted by Gasteiger charge is 2.25. The first kappa shape index (κ1) is 21.6. The van der Waals surface area contributed by atoms with Crippen LogP contribution in [0.25, 0.3) is 0 Å². The lowest BCUT2D eigenvalue weighted by molar-refractivity contribution is -0.945. The number of rotatable bonds is 15. The van der Waals surface area contributed by atoms with Gasteiger partial charge in [-0.25, -0.2) is 0 Å². The van der Waals surface area contributed by atoms with Crippen molar-refractivity contribution in [2.45, 2.75) is 58.3 Å². The zero-order valence-electron chi connectivity index (χ0n) is 14.2. The highest BCUT2D eigenvalue weighted by molar-refractivity contribution is 5.66. The standard InChI is InChI=1S/C17H31NO5/c1-2-3-4-5-6-7-12-18(15-19,13-8-10-16(20)21)14-9-11-17(22)23/h2-3,19H,4-15H2,1H3,(H-,20,21,22,23)/b3-2+. The van der Waals surface area contributed by atoms with Gasteiger partial charge in [-0.2, -0.15) is 0 Å². The Hall–Kier alpha value is -1.40. The second kappa shape index (κ2) is 13.1. The highest BCUT2D eigenvalue weighted by atomic mass is 16.4. The van der Waals surface area contributed by atoms with Gasteiger partial charge in [0.1, 0.15) is 0 Å². The summed E-state index contributed by atoms with van der Waals surface area (Å²) >= 11 is 0. The van der Waals surface area contributed by atoms with Crippen LogP contribution in [-0.4, -0.2) is 53.0 Å². The van der Waals surface area contributed by atoms with E-state index < -0.39 is 11.9 Å². The monoisotopic (exact) mass is 329 g/mol. The van der Waals surface area contributed by atoms with Crippen molar-refractivity contribution in [3.05, 3.63) is 12.2 Å². The van der Waals surface area contributed by atoms with E-state index in [2.05, 4.69) is 6.08 Å². The smallest absolute Gasteiger partial charge is 0.303 e. The van der Waals surface area contributed by atoms with Crippen LogP contribution in [0, 0.1) is 0 Å². The molecule has 0 aromatic carbocycles. The highest BCUT2D eigenvalue weighted by Crippen LogP contribution is 2.15. The van der Waals surface area contributed by atoms with Gasteiger partial charge in [0.05, 0.1) is 26.1 Å². The van der Waals surface area contributed by atoms with Gasteiger partial charge in [-0.05, 0) is 39.0 Å². The van der Waals surface area contributed by atoms with Crippen LogP contribution in [0.5, 0.6) is 0 Å². The molecule has 6 nitrogen and oxygen atoms in total. The van der Waals surface area contributed by atoms with Crippen molar-refractivity contribution in [2.75, 3.05) is 26.4 Å². The quantitative estimate of drug-likeness (QED) is 0.204. The molecule has 0 spiro atoms. The van der Waals surface area contributed by atoms with Crippen LogP contribution in [0.4, 0.5) is 0 Å². The summed E-state index contributed by atoms with van der Waals surface area (Å²) in [6, 6.07) is 0. The molecule has 6 heteroatoms. The fraction of sp³-hybridized carbons (Fsp3) is 0.765. The first-order valence-corrected chi connectivity index (χ1v) is 8.44. The Morgan fingerprint density at radius 3 is 2.13 bits per heavy atom. The van der Waals surface area contributed by atoms with Crippen molar-refractivity contribution in [1.29, 1.82) is 0 Å². The molecular formula is C17H31NO5. The molecule has 2 N–H and O–H groups in total. The van der Waals surface area contributed by atoms with E-state index in [9.17, 15) is 19.8 Å². The van der Waals surface area contributed by atoms with Gasteiger partial charge in [0, 0.05) is 18.8 Å². The third-order valence-electron chi connectivity index (χ3n) is 4.08. The van der Waals surface area contributed by atoms with E-state index in [1.54, 1.807) is 0 Å². The first-order chi connectivity index (χ1) is 11.0. The van der Waals surface area contributed by atoms with E-state index in [1.807, 2.05) is 13.0 Å². The number of hydrogen-bond acceptors (Lipinski definition) is 4. The molecule has 0 aliphatic carbocycles. The number of carboxylic acids is 2. The number of carboxylic acid groups (broad SMARTS) is 2. The molecular weight excluding hydrogens is 298 g/mol. The maximum Gasteiger partial charge on any atom is 0.303 e. The number of aliphatic hydroxyl groups is 1. The number of nitrogens with zero attached hydrogens (tertiary/aromatic N) is 1. The first-order valence-electron chi connectivity index (χ1n) is 8.44. The van der Waals surface area contributed by atoms with Crippen molar-refractivity contribution in [3.63, 3.8) is 0 Å². The number of allylic oxidation sites excluding steroid dienone is 2. The summed E-state index contributed by atoms with van der Waals surface area (Å²) in [5.41, 5.74) is 0. The molecule has 0 aromatic rings. The van der Waals surface area contributed by atoms with Gasteiger partial charge in [-0.1, -0.05) is 12.2 Å². The Labute approximate surface area is 139 Å². The molecule has 23 heavy (non-hydrogen) atoms. The lowest BCUT2D eigenvalue weighted by Gasteiger charge is -2.37. The van der Waals surface area contributed by atoms with Crippen molar-refractivity contribution in [1.82, 2.24) is 0 Å². The lowest BCUT2D eigenvalue weighted by Crippen LogP contribution is -2.51. The molecule has 0 aromatic heterocycles. The molecule has 0 aliphatic heterocycles. The van der Waals surface area contributed by atoms with E-state index in [4.69, 9.17) is 5.11 Å². The summed E-state index contributed by atoms with van der Waals surface area (Å²) < 4.78 is 0.379. The maximum atomic E-state index is 10.7. The Bertz CT molecular complexity index is 348. The summed E-state index contributed by atoms with van der Waals surface area (Å²) in [5, 5.41) is 29.1. The minimum Gasteiger partial charge on any atom is -0.550 e. The molecule has 0 fully saturated rings. The van der Waals surface area contributed by atoms with Crippen LogP contribution in [0.15, 0.2) is 12.2 Å². The fourth-order valence-electron chi connectivity index (χ4n) is 2.72. The van der Waals surface area contributed by atoms with Crippen molar-refractivity contribution < 1.29 is 29.4 Å². The molecule has 0 rings (SSSR count). The topological polar surface area (TPSA) is 97.7 Å². The van der Waals surface area contributed by atoms with Crippen LogP contribution < -0.4 is 5.11 Å². The molecule has 0 heterocycles. The zero-order chi connectivity index (χ0) is 17.6. The molecule has 0 bridgehead atoms. The van der Waals surface area contributed by atoms with E-state index in [-0.39, 0.29) is 19.6 Å². The van der Waals surface area contributed by atoms with Gasteiger partial charge >= 0.3 is 5.97 Å². The molecule has 0 amide bonds. The number of carbonyl (C=O) groups excluding carboxylic acids is 1. The van der Waals surface area contributed by atoms with Gasteiger partial charge in [0.25, 0.3) is 0 Å². The average Bonchev–Trinajstić information content (AvgIpc) is 2.49. The summed E-state index contributed by atoms with van der Waals surface area (Å²) in [5.74, 6) is -1.93. The third-order valence-corrected chi connectivity index (χ3v) is 4.08. The summed E-state index contributed by atoms with van der Waals surface area (Å²) in [6.45, 7) is 3.76. The van der Waals surface area contributed by atoms with Gasteiger partial charge in [0.15, 0.2) is 6.73 Å². The Morgan fingerprint density at radius 2 is 1.61 bits per heavy atom. The largest absolute Gasteiger partial charge is 0.550 e. The molecule has 0 aliphatic rings. The minimum atomic E-state index is -1.09. The summed E-state index contributed by atoms with van der Waals surface area (Å²) in [6.07, 6.45) is 9.24. The fourth-order valence-corrected chi connectivity index (χ4v) is 2.72. The van der Waals surface area contributed by atoms with E-state index in [0.717, 1.165) is 32.2 Å². The van der Waals surface area contributed by atoms with E-state index >= 15 is 0 Å². The van der Waals surface area contributed by atoms with Gasteiger partial charge < -0.3 is 24.6 Å². The van der Waals surface area contributed by atoms with E-state index in [1.165, 1.54) is 0 Å². The van der Waals surface area contributed by atoms with Crippen LogP contribution in [0.1, 0.15) is 58.3 Å². The number of hydrogen-bond donors (Lipinski definition) is 2. The SMILES string of the molecule is C/C=C/CCCCC[N+](CO)(CCCC(=O)[O-])CCCC(=O)O. The Balaban J connectivity index is 4.40. The summed E-state index contributed by atoms with van der Waals surface area (Å²) in [4.78, 5) is 21.2. The van der Waals surface area contributed by atoms with Crippen molar-refractivity contribution >= 4 is 11.9 Å². The van der Waals surface area contributed by atoms with Crippen molar-refractivity contribution in [3.8, 4) is 0 Å². The normalized spacial score (nSPS) is 14.0. The van der Waals surface area contributed by atoms with Crippen LogP contribution in [0.3, 0.4) is 0 Å². The average molecular weight is 329 g/mol. The zero-order valence-corrected chi connectivity index (χ0v) is 14.2. The minimum absolute atomic E-state index is 0.0276. The number of aliphatic carboxylic acids is 2. The lowest BCUT2D eigenvalue weighted by atomic mass is 10.1. The Kier molecular flexibility index (Phi) is 12.3. The molecule has 0 saturated carbocycles. The number of carbonyl (C=O) groups is 2. The number of unbranched alkanes of at least 4 members (excludes halogenated alkanes) is 3. The second-order valence-electron chi connectivity index (χ2n) is 6.05. The van der Waals surface area contributed by atoms with Crippen molar-refractivity contribution in [2.24, 2.45) is 0 Å². The van der Waals surface area contributed by atoms with Gasteiger partial charge in [0.2, 0.25) is 0 Å². The van der Waals surface area contributed by atoms with Crippen LogP contribution >= 0.6 is 0 Å². The summed E-state index contributed by atoms with van der Waals surface area (Å²) in [7, 11) is 0. The third kappa shape index (κ3) is 11.8. The maximum absolute atomic E-state index is 10.7. The van der Waals surface area contributed by atoms with Gasteiger partial charge in [-0.3, -0.25) is 4.79 Å². The predicted molar refractivity (Wildman–Crippen MR) is 86.3 cm³/mol. The van der Waals surface area contributed by atoms with E-state index in [0.29, 0.717) is 30.4 Å². The molecule has 134 valence electrons. The predicted octanol–water partition coefficient (Wildman–Crippen LogP) is 1.28. The van der Waals surface area contributed by atoms with Gasteiger partial charge in [-0.15, -0.1) is 0 Å². The molecule has 1 atom stereocenters. The molecule has 1 unspecified atom stereocenters. The molecule has 0 radical (unpaired) electrons. The second-order valence-corrected chi connectivity index (χ2v) is 6.05. The van der Waals surface area contributed by atoms with Crippen LogP contribution in [0.2, 0.25) is 0 Å². The number of aliphatic hydroxyl groups excluding tert-OH is 1. The van der Waals surface area contributed by atoms with Crippen LogP contribution in [-0.2, 0) is 9.59 Å². The Morgan fingerprint density at radius 1 is 1.00 bits per heavy atom. The molecule has 0 saturated heterocycles.